The van der Waals surface area contributed by atoms with Crippen LogP contribution in [-0.4, -0.2) is 31.2 Å². The Labute approximate surface area is 81.3 Å². The quantitative estimate of drug-likeness (QED) is 0.491. The molecule has 0 amide bonds. The van der Waals surface area contributed by atoms with Gasteiger partial charge in [-0.2, -0.15) is 0 Å². The van der Waals surface area contributed by atoms with Gasteiger partial charge in [0.25, 0.3) is 0 Å². The molecule has 3 N–H and O–H groups in total. The number of hydrazine groups is 1. The van der Waals surface area contributed by atoms with E-state index in [4.69, 9.17) is 5.73 Å². The summed E-state index contributed by atoms with van der Waals surface area (Å²) in [4.78, 5) is 0. The van der Waals surface area contributed by atoms with Gasteiger partial charge in [-0.15, -0.1) is 0 Å². The van der Waals surface area contributed by atoms with E-state index >= 15 is 0 Å². The molecule has 2 atom stereocenters. The summed E-state index contributed by atoms with van der Waals surface area (Å²) in [5.74, 6) is 0. The van der Waals surface area contributed by atoms with Crippen molar-refractivity contribution in [2.45, 2.75) is 25.9 Å². The van der Waals surface area contributed by atoms with Gasteiger partial charge in [-0.3, -0.25) is 5.43 Å². The van der Waals surface area contributed by atoms with Gasteiger partial charge in [-0.05, 0) is 26.5 Å². The first-order chi connectivity index (χ1) is 6.02. The van der Waals surface area contributed by atoms with E-state index in [9.17, 15) is 0 Å². The molecule has 0 spiro atoms. The second-order valence-corrected chi connectivity index (χ2v) is 3.23. The highest BCUT2D eigenvalue weighted by Gasteiger charge is 2.06. The molecule has 0 aliphatic heterocycles. The van der Waals surface area contributed by atoms with Crippen molar-refractivity contribution in [2.75, 3.05) is 14.1 Å². The normalized spacial score (nSPS) is 17.2. The van der Waals surface area contributed by atoms with Gasteiger partial charge in [0.1, 0.15) is 0 Å². The van der Waals surface area contributed by atoms with Crippen molar-refractivity contribution in [1.82, 2.24) is 10.4 Å². The Morgan fingerprint density at radius 2 is 2.08 bits per heavy atom. The monoisotopic (exact) mass is 183 g/mol. The molecule has 3 nitrogen and oxygen atoms in total. The zero-order valence-corrected chi connectivity index (χ0v) is 9.04. The van der Waals surface area contributed by atoms with E-state index in [1.165, 1.54) is 0 Å². The minimum Gasteiger partial charge on any atom is -0.324 e. The van der Waals surface area contributed by atoms with E-state index in [2.05, 4.69) is 25.0 Å². The predicted octanol–water partition coefficient (Wildman–Crippen LogP) is 0.901. The Morgan fingerprint density at radius 3 is 2.38 bits per heavy atom. The van der Waals surface area contributed by atoms with Gasteiger partial charge in [0.2, 0.25) is 0 Å². The van der Waals surface area contributed by atoms with Crippen molar-refractivity contribution in [2.24, 2.45) is 5.73 Å². The molecular weight excluding hydrogens is 162 g/mol. The molecule has 0 aliphatic carbocycles. The fraction of sp³-hybridized carbons (Fsp3) is 0.600. The van der Waals surface area contributed by atoms with Crippen molar-refractivity contribution < 1.29 is 0 Å². The van der Waals surface area contributed by atoms with Crippen molar-refractivity contribution in [1.29, 1.82) is 0 Å². The summed E-state index contributed by atoms with van der Waals surface area (Å²) in [5, 5.41) is 2.01. The van der Waals surface area contributed by atoms with E-state index in [1.54, 1.807) is 0 Å². The minimum absolute atomic E-state index is 0.0465. The Bertz CT molecular complexity index is 185. The molecule has 0 heterocycles. The zero-order chi connectivity index (χ0) is 10.4. The van der Waals surface area contributed by atoms with Crippen LogP contribution in [0.15, 0.2) is 24.3 Å². The molecule has 3 heteroatoms. The fourth-order valence-corrected chi connectivity index (χ4v) is 1.000. The van der Waals surface area contributed by atoms with Crippen LogP contribution in [-0.2, 0) is 0 Å². The number of hydrogen-bond donors (Lipinski definition) is 2. The average molecular weight is 183 g/mol. The molecule has 2 unspecified atom stereocenters. The highest BCUT2D eigenvalue weighted by Crippen LogP contribution is 2.04. The van der Waals surface area contributed by atoms with E-state index in [1.807, 2.05) is 32.1 Å². The highest BCUT2D eigenvalue weighted by atomic mass is 15.5. The Kier molecular flexibility index (Phi) is 5.62. The second-order valence-electron chi connectivity index (χ2n) is 3.23. The van der Waals surface area contributed by atoms with Gasteiger partial charge in [0.15, 0.2) is 0 Å². The molecule has 0 aromatic rings. The highest BCUT2D eigenvalue weighted by molar-refractivity contribution is 5.23. The average Bonchev–Trinajstić information content (AvgIpc) is 2.11. The lowest BCUT2D eigenvalue weighted by Crippen LogP contribution is -2.38. The van der Waals surface area contributed by atoms with Crippen LogP contribution in [0.2, 0.25) is 0 Å². The summed E-state index contributed by atoms with van der Waals surface area (Å²) in [6.45, 7) is 7.79. The topological polar surface area (TPSA) is 41.3 Å². The van der Waals surface area contributed by atoms with Crippen LogP contribution >= 0.6 is 0 Å². The smallest absolute Gasteiger partial charge is 0.0398 e. The van der Waals surface area contributed by atoms with Gasteiger partial charge in [-0.25, -0.2) is 5.01 Å². The van der Waals surface area contributed by atoms with E-state index < -0.39 is 0 Å². The molecule has 0 aromatic carbocycles. The lowest BCUT2D eigenvalue weighted by Gasteiger charge is -2.22. The Balaban J connectivity index is 4.41. The number of hydrogen-bond acceptors (Lipinski definition) is 3. The number of likely N-dealkylation sites (N-methyl/N-ethyl adjacent to an activating group) is 1. The molecule has 76 valence electrons. The fourth-order valence-electron chi connectivity index (χ4n) is 1.000. The third kappa shape index (κ3) is 4.22. The maximum atomic E-state index is 5.76. The van der Waals surface area contributed by atoms with Crippen LogP contribution in [0, 0.1) is 0 Å². The van der Waals surface area contributed by atoms with Gasteiger partial charge in [-0.1, -0.05) is 18.7 Å². The molecular formula is C10H21N3. The number of nitrogens with zero attached hydrogens (tertiary/aromatic N) is 1. The van der Waals surface area contributed by atoms with Crippen molar-refractivity contribution >= 4 is 0 Å². The standard InChI is InChI=1S/C10H21N3/c1-6-10(9(3)11)7-8(2)13(5)12-4/h6-9,12H,1,11H2,2-5H3/b10-7+. The third-order valence-corrected chi connectivity index (χ3v) is 2.16. The molecule has 0 aromatic heterocycles. The number of rotatable bonds is 5. The summed E-state index contributed by atoms with van der Waals surface area (Å²) < 4.78 is 0. The van der Waals surface area contributed by atoms with Crippen LogP contribution < -0.4 is 11.2 Å². The molecule has 0 bridgehead atoms. The van der Waals surface area contributed by atoms with Crippen LogP contribution in [0.25, 0.3) is 0 Å². The lowest BCUT2D eigenvalue weighted by molar-refractivity contribution is 0.226. The summed E-state index contributed by atoms with van der Waals surface area (Å²) >= 11 is 0. The van der Waals surface area contributed by atoms with E-state index in [-0.39, 0.29) is 6.04 Å². The number of nitrogens with one attached hydrogen (secondary N) is 1. The zero-order valence-electron chi connectivity index (χ0n) is 9.04. The molecule has 0 radical (unpaired) electrons. The maximum Gasteiger partial charge on any atom is 0.0398 e. The SMILES string of the molecule is C=C/C(=C\C(C)N(C)NC)C(C)N. The minimum atomic E-state index is 0.0465. The summed E-state index contributed by atoms with van der Waals surface area (Å²) in [6.07, 6.45) is 3.92. The van der Waals surface area contributed by atoms with Gasteiger partial charge in [0.05, 0.1) is 0 Å². The largest absolute Gasteiger partial charge is 0.324 e. The summed E-state index contributed by atoms with van der Waals surface area (Å²) in [6, 6.07) is 0.356. The van der Waals surface area contributed by atoms with Crippen LogP contribution in [0.3, 0.4) is 0 Å². The molecule has 13 heavy (non-hydrogen) atoms. The summed E-state index contributed by atoms with van der Waals surface area (Å²) in [7, 11) is 3.88. The van der Waals surface area contributed by atoms with Crippen LogP contribution in [0.1, 0.15) is 13.8 Å². The van der Waals surface area contributed by atoms with Gasteiger partial charge in [0, 0.05) is 19.1 Å². The number of nitrogens with two attached hydrogens (primary N) is 1. The van der Waals surface area contributed by atoms with Gasteiger partial charge >= 0.3 is 0 Å². The first-order valence-electron chi connectivity index (χ1n) is 4.52. The summed E-state index contributed by atoms with van der Waals surface area (Å²) in [5.41, 5.74) is 9.88. The molecule has 0 rings (SSSR count). The molecule has 0 fully saturated rings. The van der Waals surface area contributed by atoms with E-state index in [0.29, 0.717) is 6.04 Å². The Hall–Kier alpha value is -0.640. The Morgan fingerprint density at radius 1 is 1.54 bits per heavy atom. The van der Waals surface area contributed by atoms with Gasteiger partial charge < -0.3 is 5.73 Å². The van der Waals surface area contributed by atoms with Crippen molar-refractivity contribution in [3.05, 3.63) is 24.3 Å². The lowest BCUT2D eigenvalue weighted by atomic mass is 10.1. The van der Waals surface area contributed by atoms with Crippen LogP contribution in [0.4, 0.5) is 0 Å². The predicted molar refractivity (Wildman–Crippen MR) is 58.2 cm³/mol. The van der Waals surface area contributed by atoms with Crippen molar-refractivity contribution in [3.63, 3.8) is 0 Å². The van der Waals surface area contributed by atoms with Crippen molar-refractivity contribution in [3.8, 4) is 0 Å². The third-order valence-electron chi connectivity index (χ3n) is 2.16. The molecule has 0 saturated heterocycles. The second kappa shape index (κ2) is 5.91. The van der Waals surface area contributed by atoms with E-state index in [0.717, 1.165) is 5.57 Å². The maximum absolute atomic E-state index is 5.76. The molecule has 0 aliphatic rings. The first-order valence-corrected chi connectivity index (χ1v) is 4.52. The molecule has 0 saturated carbocycles. The van der Waals surface area contributed by atoms with Crippen LogP contribution in [0.5, 0.6) is 0 Å². The first kappa shape index (κ1) is 12.4.